The fourth-order valence-electron chi connectivity index (χ4n) is 2.71. The van der Waals surface area contributed by atoms with Crippen LogP contribution >= 0.6 is 0 Å². The van der Waals surface area contributed by atoms with Gasteiger partial charge in [-0.25, -0.2) is 0 Å². The number of nitrogens with one attached hydrogen (secondary N) is 1. The highest BCUT2D eigenvalue weighted by Gasteiger charge is 2.21. The zero-order valence-corrected chi connectivity index (χ0v) is 11.4. The second-order valence-electron chi connectivity index (χ2n) is 5.42. The Morgan fingerprint density at radius 1 is 1.33 bits per heavy atom. The minimum Gasteiger partial charge on any atom is -0.374 e. The monoisotopic (exact) mass is 251 g/mol. The Bertz CT molecular complexity index is 281. The molecule has 102 valence electrons. The molecule has 2 heterocycles. The molecule has 0 saturated carbocycles. The number of likely N-dealkylation sites (tertiary alicyclic amines) is 1. The molecule has 1 N–H and O–H groups in total. The van der Waals surface area contributed by atoms with Crippen LogP contribution in [0.1, 0.15) is 12.8 Å². The number of hydrogen-bond donors (Lipinski definition) is 1. The van der Waals surface area contributed by atoms with Crippen LogP contribution in [0.2, 0.25) is 0 Å². The molecule has 2 saturated heterocycles. The van der Waals surface area contributed by atoms with Crippen molar-refractivity contribution in [1.82, 2.24) is 15.1 Å². The minimum absolute atomic E-state index is 0.354. The highest BCUT2D eigenvalue weighted by Crippen LogP contribution is 2.10. The molecular weight excluding hydrogens is 226 g/mol. The fraction of sp³-hybridized carbons (Fsp3) is 0.857. The molecule has 1 unspecified atom stereocenters. The summed E-state index contributed by atoms with van der Waals surface area (Å²) in [6.07, 6.45) is 8.09. The summed E-state index contributed by atoms with van der Waals surface area (Å²) in [4.78, 5) is 4.69. The van der Waals surface area contributed by atoms with Crippen molar-refractivity contribution in [3.05, 3.63) is 0 Å². The normalized spacial score (nSPS) is 28.1. The van der Waals surface area contributed by atoms with Crippen LogP contribution in [-0.4, -0.2) is 74.9 Å². The maximum absolute atomic E-state index is 5.76. The molecule has 0 aromatic heterocycles. The van der Waals surface area contributed by atoms with Crippen LogP contribution in [0.3, 0.4) is 0 Å². The maximum atomic E-state index is 5.76. The van der Waals surface area contributed by atoms with Gasteiger partial charge in [0.05, 0.1) is 19.3 Å². The van der Waals surface area contributed by atoms with Gasteiger partial charge in [0.1, 0.15) is 0 Å². The lowest BCUT2D eigenvalue weighted by Crippen LogP contribution is -2.49. The van der Waals surface area contributed by atoms with Crippen LogP contribution in [0.4, 0.5) is 0 Å². The third-order valence-electron chi connectivity index (χ3n) is 3.88. The van der Waals surface area contributed by atoms with Gasteiger partial charge in [-0.2, -0.15) is 0 Å². The molecule has 2 aliphatic rings. The minimum atomic E-state index is 0.354. The maximum Gasteiger partial charge on any atom is 0.0826 e. The van der Waals surface area contributed by atoms with E-state index in [0.717, 1.165) is 45.9 Å². The van der Waals surface area contributed by atoms with Crippen LogP contribution in [-0.2, 0) is 4.74 Å². The zero-order valence-electron chi connectivity index (χ0n) is 11.4. The summed E-state index contributed by atoms with van der Waals surface area (Å²) in [7, 11) is 2.16. The Morgan fingerprint density at radius 3 is 2.78 bits per heavy atom. The van der Waals surface area contributed by atoms with Crippen molar-refractivity contribution in [3.63, 3.8) is 0 Å². The predicted octanol–water partition coefficient (Wildman–Crippen LogP) is 0.00420. The summed E-state index contributed by atoms with van der Waals surface area (Å²) in [6, 6.07) is 0.634. The molecule has 2 aliphatic heterocycles. The summed E-state index contributed by atoms with van der Waals surface area (Å²) in [5.41, 5.74) is 0. The van der Waals surface area contributed by atoms with Crippen molar-refractivity contribution >= 4 is 0 Å². The van der Waals surface area contributed by atoms with Crippen molar-refractivity contribution in [2.45, 2.75) is 25.0 Å². The topological polar surface area (TPSA) is 27.7 Å². The van der Waals surface area contributed by atoms with E-state index in [0.29, 0.717) is 12.1 Å². The average Bonchev–Trinajstić information content (AvgIpc) is 2.38. The first-order valence-corrected chi connectivity index (χ1v) is 6.97. The lowest BCUT2D eigenvalue weighted by atomic mass is 10.0. The molecule has 4 nitrogen and oxygen atoms in total. The van der Waals surface area contributed by atoms with Gasteiger partial charge in [-0.1, -0.05) is 5.92 Å². The molecule has 0 aromatic carbocycles. The summed E-state index contributed by atoms with van der Waals surface area (Å²) < 4.78 is 5.76. The van der Waals surface area contributed by atoms with Gasteiger partial charge < -0.3 is 15.0 Å². The molecule has 0 aromatic rings. The van der Waals surface area contributed by atoms with E-state index >= 15 is 0 Å². The van der Waals surface area contributed by atoms with Crippen molar-refractivity contribution in [2.75, 3.05) is 52.9 Å². The Labute approximate surface area is 111 Å². The van der Waals surface area contributed by atoms with Crippen LogP contribution < -0.4 is 5.32 Å². The number of hydrogen-bond acceptors (Lipinski definition) is 4. The Balaban J connectivity index is 1.61. The van der Waals surface area contributed by atoms with Crippen LogP contribution in [0, 0.1) is 12.3 Å². The SMILES string of the molecule is C#CCN1CCC(NCC2CN(C)CCO2)CC1. The number of likely N-dealkylation sites (N-methyl/N-ethyl adjacent to an activating group) is 1. The summed E-state index contributed by atoms with van der Waals surface area (Å²) in [5.74, 6) is 2.72. The van der Waals surface area contributed by atoms with Gasteiger partial charge >= 0.3 is 0 Å². The first-order chi connectivity index (χ1) is 8.78. The smallest absolute Gasteiger partial charge is 0.0826 e. The average molecular weight is 251 g/mol. The van der Waals surface area contributed by atoms with Crippen molar-refractivity contribution in [2.24, 2.45) is 0 Å². The standard InChI is InChI=1S/C14H25N3O/c1-3-6-17-7-4-13(5-8-17)15-11-14-12-16(2)9-10-18-14/h1,13-15H,4-12H2,2H3. The number of piperidine rings is 1. The van der Waals surface area contributed by atoms with Gasteiger partial charge in [0.15, 0.2) is 0 Å². The quantitative estimate of drug-likeness (QED) is 0.712. The Hall–Kier alpha value is -0.600. The number of terminal acetylenes is 1. The number of nitrogens with zero attached hydrogens (tertiary/aromatic N) is 2. The number of morpholine rings is 1. The molecule has 2 rings (SSSR count). The molecule has 1 atom stereocenters. The highest BCUT2D eigenvalue weighted by molar-refractivity contribution is 4.90. The van der Waals surface area contributed by atoms with Crippen LogP contribution in [0.15, 0.2) is 0 Å². The molecule has 4 heteroatoms. The highest BCUT2D eigenvalue weighted by atomic mass is 16.5. The largest absolute Gasteiger partial charge is 0.374 e. The fourth-order valence-corrected chi connectivity index (χ4v) is 2.71. The van der Waals surface area contributed by atoms with Gasteiger partial charge in [-0.3, -0.25) is 4.90 Å². The molecular formula is C14H25N3O. The van der Waals surface area contributed by atoms with Crippen LogP contribution in [0.5, 0.6) is 0 Å². The van der Waals surface area contributed by atoms with E-state index in [2.05, 4.69) is 28.1 Å². The molecule has 0 spiro atoms. The summed E-state index contributed by atoms with van der Waals surface area (Å²) in [6.45, 7) is 6.97. The first kappa shape index (κ1) is 13.8. The van der Waals surface area contributed by atoms with Gasteiger partial charge in [0, 0.05) is 38.8 Å². The predicted molar refractivity (Wildman–Crippen MR) is 73.5 cm³/mol. The van der Waals surface area contributed by atoms with E-state index in [-0.39, 0.29) is 0 Å². The molecule has 0 aliphatic carbocycles. The first-order valence-electron chi connectivity index (χ1n) is 6.97. The van der Waals surface area contributed by atoms with Gasteiger partial charge in [-0.05, 0) is 19.9 Å². The molecule has 0 bridgehead atoms. The third kappa shape index (κ3) is 4.25. The van der Waals surface area contributed by atoms with E-state index in [1.807, 2.05) is 0 Å². The number of rotatable bonds is 4. The van der Waals surface area contributed by atoms with E-state index in [1.54, 1.807) is 0 Å². The zero-order chi connectivity index (χ0) is 12.8. The summed E-state index contributed by atoms with van der Waals surface area (Å²) >= 11 is 0. The van der Waals surface area contributed by atoms with Crippen molar-refractivity contribution < 1.29 is 4.74 Å². The molecule has 0 amide bonds. The summed E-state index contributed by atoms with van der Waals surface area (Å²) in [5, 5.41) is 3.64. The van der Waals surface area contributed by atoms with E-state index in [9.17, 15) is 0 Å². The van der Waals surface area contributed by atoms with E-state index < -0.39 is 0 Å². The van der Waals surface area contributed by atoms with Crippen molar-refractivity contribution in [3.8, 4) is 12.3 Å². The number of ether oxygens (including phenoxy) is 1. The van der Waals surface area contributed by atoms with Crippen LogP contribution in [0.25, 0.3) is 0 Å². The van der Waals surface area contributed by atoms with Gasteiger partial charge in [0.25, 0.3) is 0 Å². The van der Waals surface area contributed by atoms with Crippen molar-refractivity contribution in [1.29, 1.82) is 0 Å². The Morgan fingerprint density at radius 2 is 2.11 bits per heavy atom. The van der Waals surface area contributed by atoms with E-state index in [4.69, 9.17) is 11.2 Å². The lowest BCUT2D eigenvalue weighted by molar-refractivity contribution is -0.0200. The molecule has 18 heavy (non-hydrogen) atoms. The van der Waals surface area contributed by atoms with Gasteiger partial charge in [0.2, 0.25) is 0 Å². The second kappa shape index (κ2) is 7.10. The second-order valence-corrected chi connectivity index (χ2v) is 5.42. The molecule has 0 radical (unpaired) electrons. The Kier molecular flexibility index (Phi) is 5.45. The van der Waals surface area contributed by atoms with Gasteiger partial charge in [-0.15, -0.1) is 6.42 Å². The molecule has 2 fully saturated rings. The van der Waals surface area contributed by atoms with E-state index in [1.165, 1.54) is 12.8 Å². The third-order valence-corrected chi connectivity index (χ3v) is 3.88. The lowest BCUT2D eigenvalue weighted by Gasteiger charge is -2.34.